The molecule has 226 valence electrons. The second-order valence-electron chi connectivity index (χ2n) is 9.45. The summed E-state index contributed by atoms with van der Waals surface area (Å²) in [6.45, 7) is 2.97. The van der Waals surface area contributed by atoms with Gasteiger partial charge in [-0.2, -0.15) is 13.2 Å². The van der Waals surface area contributed by atoms with E-state index in [0.717, 1.165) is 11.1 Å². The lowest BCUT2D eigenvalue weighted by Crippen LogP contribution is -2.46. The number of aromatic nitrogens is 3. The molecule has 12 nitrogen and oxygen atoms in total. The van der Waals surface area contributed by atoms with E-state index in [1.54, 1.807) is 31.2 Å². The van der Waals surface area contributed by atoms with Crippen LogP contribution in [-0.2, 0) is 16.6 Å². The first-order valence-electron chi connectivity index (χ1n) is 12.7. The van der Waals surface area contributed by atoms with E-state index in [2.05, 4.69) is 20.1 Å². The van der Waals surface area contributed by atoms with E-state index in [9.17, 15) is 31.5 Å². The lowest BCUT2D eigenvalue weighted by atomic mass is 10.0. The van der Waals surface area contributed by atoms with Gasteiger partial charge in [0.25, 0.3) is 5.91 Å². The third-order valence-corrected chi connectivity index (χ3v) is 7.77. The SMILES string of the molecule is COc1cc(-c2cncc(O)c2)cc(OC)c1CN1CCN(c2ccc(C(=O)NS(=O)(=O)CCC(F)(F)F)nn2)CC1. The standard InChI is InChI=1S/C26H29F3N6O6S/c1-40-22-12-17(18-11-19(36)15-30-14-18)13-23(41-2)20(22)16-34-6-8-35(9-7-34)24-4-3-21(31-32-24)25(37)33-42(38,39)10-5-26(27,28)29/h3-4,11-15,36H,5-10,16H2,1-2H3,(H,33,37). The van der Waals surface area contributed by atoms with Crippen LogP contribution in [0.15, 0.2) is 42.7 Å². The largest absolute Gasteiger partial charge is 0.506 e. The number of carbonyl (C=O) groups is 1. The Balaban J connectivity index is 1.37. The first-order chi connectivity index (χ1) is 19.9. The van der Waals surface area contributed by atoms with Crippen molar-refractivity contribution in [3.8, 4) is 28.4 Å². The number of amides is 1. The molecule has 0 bridgehead atoms. The maximum Gasteiger partial charge on any atom is 0.390 e. The van der Waals surface area contributed by atoms with Crippen LogP contribution in [0.5, 0.6) is 17.2 Å². The summed E-state index contributed by atoms with van der Waals surface area (Å²) in [4.78, 5) is 20.4. The molecular formula is C26H29F3N6O6S. The van der Waals surface area contributed by atoms with Gasteiger partial charge in [-0.05, 0) is 35.9 Å². The lowest BCUT2D eigenvalue weighted by Gasteiger charge is -2.35. The lowest BCUT2D eigenvalue weighted by molar-refractivity contribution is -0.130. The minimum absolute atomic E-state index is 0.0442. The highest BCUT2D eigenvalue weighted by Crippen LogP contribution is 2.36. The average Bonchev–Trinajstić information content (AvgIpc) is 2.96. The molecule has 4 rings (SSSR count). The van der Waals surface area contributed by atoms with E-state index < -0.39 is 34.3 Å². The Hall–Kier alpha value is -4.18. The van der Waals surface area contributed by atoms with E-state index in [1.807, 2.05) is 17.0 Å². The number of benzene rings is 1. The number of hydrogen-bond donors (Lipinski definition) is 2. The molecule has 0 unspecified atom stereocenters. The number of pyridine rings is 1. The predicted molar refractivity (Wildman–Crippen MR) is 146 cm³/mol. The number of ether oxygens (including phenoxy) is 2. The molecule has 1 amide bonds. The Labute approximate surface area is 240 Å². The van der Waals surface area contributed by atoms with Gasteiger partial charge in [0.15, 0.2) is 11.5 Å². The Bertz CT molecular complexity index is 1490. The molecule has 2 N–H and O–H groups in total. The summed E-state index contributed by atoms with van der Waals surface area (Å²) in [6.07, 6.45) is -3.26. The van der Waals surface area contributed by atoms with Crippen LogP contribution in [-0.4, -0.2) is 91.8 Å². The Kier molecular flexibility index (Phi) is 9.36. The van der Waals surface area contributed by atoms with Gasteiger partial charge in [0.2, 0.25) is 10.0 Å². The monoisotopic (exact) mass is 610 g/mol. The van der Waals surface area contributed by atoms with E-state index in [-0.39, 0.29) is 11.4 Å². The highest BCUT2D eigenvalue weighted by molar-refractivity contribution is 7.90. The molecule has 3 aromatic rings. The van der Waals surface area contributed by atoms with Crippen LogP contribution in [0.3, 0.4) is 0 Å². The number of hydrogen-bond acceptors (Lipinski definition) is 11. The Morgan fingerprint density at radius 1 is 1.00 bits per heavy atom. The summed E-state index contributed by atoms with van der Waals surface area (Å²) in [5, 5.41) is 17.6. The van der Waals surface area contributed by atoms with Crippen LogP contribution in [0.4, 0.5) is 19.0 Å². The molecule has 0 aliphatic carbocycles. The summed E-state index contributed by atoms with van der Waals surface area (Å²) in [5.41, 5.74) is 2.00. The number of carbonyl (C=O) groups excluding carboxylic acids is 1. The summed E-state index contributed by atoms with van der Waals surface area (Å²) in [5.74, 6) is -0.677. The summed E-state index contributed by atoms with van der Waals surface area (Å²) >= 11 is 0. The fourth-order valence-electron chi connectivity index (χ4n) is 4.36. The molecule has 16 heteroatoms. The van der Waals surface area contributed by atoms with Gasteiger partial charge in [0, 0.05) is 44.5 Å². The van der Waals surface area contributed by atoms with Crippen molar-refractivity contribution < 1.29 is 41.0 Å². The molecular weight excluding hydrogens is 581 g/mol. The molecule has 1 aliphatic heterocycles. The zero-order valence-electron chi connectivity index (χ0n) is 22.8. The molecule has 1 aromatic carbocycles. The summed E-state index contributed by atoms with van der Waals surface area (Å²) in [6, 6.07) is 8.09. The van der Waals surface area contributed by atoms with Crippen molar-refractivity contribution >= 4 is 21.7 Å². The van der Waals surface area contributed by atoms with Gasteiger partial charge in [0.1, 0.15) is 17.2 Å². The van der Waals surface area contributed by atoms with Gasteiger partial charge in [-0.1, -0.05) is 0 Å². The number of anilines is 1. The minimum Gasteiger partial charge on any atom is -0.506 e. The number of nitrogens with zero attached hydrogens (tertiary/aromatic N) is 5. The number of rotatable bonds is 10. The summed E-state index contributed by atoms with van der Waals surface area (Å²) in [7, 11) is -1.35. The third kappa shape index (κ3) is 7.97. The average molecular weight is 611 g/mol. The van der Waals surface area contributed by atoms with Crippen molar-refractivity contribution in [3.63, 3.8) is 0 Å². The van der Waals surface area contributed by atoms with Crippen LogP contribution >= 0.6 is 0 Å². The predicted octanol–water partition coefficient (Wildman–Crippen LogP) is 2.60. The van der Waals surface area contributed by atoms with Gasteiger partial charge in [-0.15, -0.1) is 10.2 Å². The number of alkyl halides is 3. The zero-order valence-corrected chi connectivity index (χ0v) is 23.6. The molecule has 1 fully saturated rings. The van der Waals surface area contributed by atoms with Crippen molar-refractivity contribution in [3.05, 3.63) is 54.0 Å². The van der Waals surface area contributed by atoms with Gasteiger partial charge >= 0.3 is 6.18 Å². The maximum absolute atomic E-state index is 12.3. The molecule has 1 aliphatic rings. The number of aromatic hydroxyl groups is 1. The normalized spacial score (nSPS) is 14.5. The van der Waals surface area contributed by atoms with Gasteiger partial charge in [0.05, 0.1) is 38.2 Å². The Morgan fingerprint density at radius 3 is 2.21 bits per heavy atom. The second kappa shape index (κ2) is 12.8. The van der Waals surface area contributed by atoms with Gasteiger partial charge < -0.3 is 19.5 Å². The highest BCUT2D eigenvalue weighted by Gasteiger charge is 2.31. The Morgan fingerprint density at radius 2 is 1.67 bits per heavy atom. The zero-order chi connectivity index (χ0) is 30.5. The van der Waals surface area contributed by atoms with Crippen molar-refractivity contribution in [2.45, 2.75) is 19.1 Å². The molecule has 2 aromatic heterocycles. The van der Waals surface area contributed by atoms with Crippen molar-refractivity contribution in [1.29, 1.82) is 0 Å². The summed E-state index contributed by atoms with van der Waals surface area (Å²) < 4.78 is 73.5. The van der Waals surface area contributed by atoms with Crippen molar-refractivity contribution in [2.75, 3.05) is 51.1 Å². The quantitative estimate of drug-likeness (QED) is 0.349. The fraction of sp³-hybridized carbons (Fsp3) is 0.385. The van der Waals surface area contributed by atoms with Gasteiger partial charge in [-0.3, -0.25) is 14.7 Å². The van der Waals surface area contributed by atoms with E-state index in [1.165, 1.54) is 18.3 Å². The molecule has 1 saturated heterocycles. The molecule has 0 atom stereocenters. The fourth-order valence-corrected chi connectivity index (χ4v) is 5.35. The van der Waals surface area contributed by atoms with Crippen molar-refractivity contribution in [2.24, 2.45) is 0 Å². The number of piperazine rings is 1. The number of halogens is 3. The first kappa shape index (κ1) is 30.8. The molecule has 42 heavy (non-hydrogen) atoms. The second-order valence-corrected chi connectivity index (χ2v) is 11.3. The van der Waals surface area contributed by atoms with Gasteiger partial charge in [-0.25, -0.2) is 13.1 Å². The minimum atomic E-state index is -4.67. The highest BCUT2D eigenvalue weighted by atomic mass is 32.2. The smallest absolute Gasteiger partial charge is 0.390 e. The molecule has 0 radical (unpaired) electrons. The number of methoxy groups -OCH3 is 2. The van der Waals surface area contributed by atoms with E-state index in [0.29, 0.717) is 55.6 Å². The molecule has 3 heterocycles. The van der Waals surface area contributed by atoms with E-state index >= 15 is 0 Å². The number of sulfonamides is 1. The van der Waals surface area contributed by atoms with Crippen LogP contribution in [0.2, 0.25) is 0 Å². The molecule has 0 spiro atoms. The van der Waals surface area contributed by atoms with Crippen LogP contribution in [0.1, 0.15) is 22.5 Å². The topological polar surface area (TPSA) is 147 Å². The van der Waals surface area contributed by atoms with Crippen molar-refractivity contribution in [1.82, 2.24) is 24.8 Å². The third-order valence-electron chi connectivity index (χ3n) is 6.53. The van der Waals surface area contributed by atoms with Crippen LogP contribution in [0.25, 0.3) is 11.1 Å². The number of nitrogens with one attached hydrogen (secondary N) is 1. The maximum atomic E-state index is 12.3. The van der Waals surface area contributed by atoms with Crippen LogP contribution in [0, 0.1) is 0 Å². The van der Waals surface area contributed by atoms with Crippen LogP contribution < -0.4 is 19.1 Å². The first-order valence-corrected chi connectivity index (χ1v) is 14.3. The van der Waals surface area contributed by atoms with E-state index in [4.69, 9.17) is 9.47 Å². The molecule has 0 saturated carbocycles.